The predicted molar refractivity (Wildman–Crippen MR) is 128 cm³/mol. The number of nitrogens with zero attached hydrogens (tertiary/aromatic N) is 3. The van der Waals surface area contributed by atoms with Crippen LogP contribution in [0.2, 0.25) is 0 Å². The van der Waals surface area contributed by atoms with Crippen LogP contribution in [-0.2, 0) is 16.6 Å². The molecule has 1 unspecified atom stereocenters. The number of amides is 1. The number of rotatable bonds is 9. The van der Waals surface area contributed by atoms with Crippen molar-refractivity contribution in [3.63, 3.8) is 0 Å². The summed E-state index contributed by atoms with van der Waals surface area (Å²) in [5.74, 6) is 1.16. The molecule has 2 aliphatic rings. The topological polar surface area (TPSA) is 85.4 Å². The maximum atomic E-state index is 12.3. The van der Waals surface area contributed by atoms with Crippen molar-refractivity contribution < 1.29 is 9.53 Å². The van der Waals surface area contributed by atoms with Gasteiger partial charge in [-0.25, -0.2) is 4.98 Å². The standard InChI is InChI=1S/C25H39N5O2/c1-5-30(6-2)20-11-7-18(8-12-20)23-17-27-25(29(23)3)22(26)15-16-24(31)28-19-9-13-21(32-4)14-10-19/h5-6,15-22H,1-2,7-14,26H2,3-4H3,(H,28,31)/b16-15+. The Morgan fingerprint density at radius 3 is 2.47 bits per heavy atom. The molecule has 2 aliphatic carbocycles. The molecule has 1 amide bonds. The van der Waals surface area contributed by atoms with Crippen LogP contribution in [0.3, 0.4) is 0 Å². The van der Waals surface area contributed by atoms with Gasteiger partial charge >= 0.3 is 0 Å². The van der Waals surface area contributed by atoms with E-state index < -0.39 is 6.04 Å². The number of carbonyl (C=O) groups excluding carboxylic acids is 1. The number of hydrogen-bond acceptors (Lipinski definition) is 5. The van der Waals surface area contributed by atoms with Gasteiger partial charge in [0.25, 0.3) is 0 Å². The highest BCUT2D eigenvalue weighted by molar-refractivity contribution is 5.87. The van der Waals surface area contributed by atoms with Crippen molar-refractivity contribution in [2.75, 3.05) is 7.11 Å². The average Bonchev–Trinajstić information content (AvgIpc) is 3.20. The summed E-state index contributed by atoms with van der Waals surface area (Å²) in [5, 5.41) is 3.08. The second-order valence-corrected chi connectivity index (χ2v) is 9.02. The Kier molecular flexibility index (Phi) is 8.70. The monoisotopic (exact) mass is 441 g/mol. The summed E-state index contributed by atoms with van der Waals surface area (Å²) in [7, 11) is 3.77. The third kappa shape index (κ3) is 5.90. The quantitative estimate of drug-likeness (QED) is 0.571. The van der Waals surface area contributed by atoms with Crippen LogP contribution < -0.4 is 11.1 Å². The van der Waals surface area contributed by atoms with Crippen molar-refractivity contribution >= 4 is 5.91 Å². The van der Waals surface area contributed by atoms with Gasteiger partial charge < -0.3 is 25.3 Å². The number of carbonyl (C=O) groups is 1. The molecule has 0 radical (unpaired) electrons. The second-order valence-electron chi connectivity index (χ2n) is 9.02. The van der Waals surface area contributed by atoms with E-state index in [1.165, 1.54) is 5.69 Å². The molecule has 0 aromatic carbocycles. The number of hydrogen-bond donors (Lipinski definition) is 2. The number of methoxy groups -OCH3 is 1. The lowest BCUT2D eigenvalue weighted by atomic mass is 9.83. The highest BCUT2D eigenvalue weighted by Gasteiger charge is 2.27. The number of imidazole rings is 1. The fourth-order valence-corrected chi connectivity index (χ4v) is 5.14. The van der Waals surface area contributed by atoms with Gasteiger partial charge in [-0.15, -0.1) is 0 Å². The number of ether oxygens (including phenoxy) is 1. The van der Waals surface area contributed by atoms with E-state index in [1.807, 2.05) is 25.6 Å². The Bertz CT molecular complexity index is 793. The molecule has 0 saturated heterocycles. The van der Waals surface area contributed by atoms with Gasteiger partial charge in [0.2, 0.25) is 5.91 Å². The van der Waals surface area contributed by atoms with Gasteiger partial charge in [-0.3, -0.25) is 4.79 Å². The molecule has 1 heterocycles. The van der Waals surface area contributed by atoms with Crippen molar-refractivity contribution in [1.82, 2.24) is 19.8 Å². The van der Waals surface area contributed by atoms with Crippen molar-refractivity contribution in [1.29, 1.82) is 0 Å². The first-order valence-corrected chi connectivity index (χ1v) is 11.8. The molecule has 32 heavy (non-hydrogen) atoms. The molecule has 0 aliphatic heterocycles. The predicted octanol–water partition coefficient (Wildman–Crippen LogP) is 3.67. The van der Waals surface area contributed by atoms with E-state index in [0.29, 0.717) is 18.1 Å². The number of aromatic nitrogens is 2. The molecular weight excluding hydrogens is 402 g/mol. The van der Waals surface area contributed by atoms with Gasteiger partial charge in [0.1, 0.15) is 5.82 Å². The van der Waals surface area contributed by atoms with Crippen molar-refractivity contribution in [2.45, 2.75) is 81.5 Å². The summed E-state index contributed by atoms with van der Waals surface area (Å²) < 4.78 is 7.49. The maximum absolute atomic E-state index is 12.3. The molecule has 1 atom stereocenters. The lowest BCUT2D eigenvalue weighted by Crippen LogP contribution is -2.38. The van der Waals surface area contributed by atoms with Gasteiger partial charge in [0, 0.05) is 50.1 Å². The molecule has 1 aromatic heterocycles. The minimum Gasteiger partial charge on any atom is -0.381 e. The van der Waals surface area contributed by atoms with E-state index in [9.17, 15) is 4.79 Å². The smallest absolute Gasteiger partial charge is 0.243 e. The Morgan fingerprint density at radius 2 is 1.88 bits per heavy atom. The fraction of sp³-hybridized carbons (Fsp3) is 0.600. The molecule has 3 rings (SSSR count). The van der Waals surface area contributed by atoms with Crippen molar-refractivity contribution in [3.05, 3.63) is 55.4 Å². The van der Waals surface area contributed by atoms with Gasteiger partial charge in [-0.05, 0) is 63.8 Å². The zero-order valence-electron chi connectivity index (χ0n) is 19.6. The summed E-state index contributed by atoms with van der Waals surface area (Å²) in [6.45, 7) is 7.75. The van der Waals surface area contributed by atoms with E-state index in [2.05, 4.69) is 32.9 Å². The summed E-state index contributed by atoms with van der Waals surface area (Å²) in [6, 6.07) is 0.266. The van der Waals surface area contributed by atoms with Crippen LogP contribution in [-0.4, -0.2) is 45.7 Å². The normalized spacial score (nSPS) is 27.1. The van der Waals surface area contributed by atoms with Crippen LogP contribution >= 0.6 is 0 Å². The van der Waals surface area contributed by atoms with E-state index in [-0.39, 0.29) is 11.9 Å². The van der Waals surface area contributed by atoms with Crippen LogP contribution in [0, 0.1) is 0 Å². The van der Waals surface area contributed by atoms with Gasteiger partial charge in [0.15, 0.2) is 0 Å². The molecular formula is C25H39N5O2. The molecule has 2 fully saturated rings. The highest BCUT2D eigenvalue weighted by atomic mass is 16.5. The molecule has 7 heteroatoms. The summed E-state index contributed by atoms with van der Waals surface area (Å²) in [4.78, 5) is 19.0. The van der Waals surface area contributed by atoms with Crippen LogP contribution in [0.15, 0.2) is 43.9 Å². The van der Waals surface area contributed by atoms with Gasteiger partial charge in [-0.1, -0.05) is 19.2 Å². The molecule has 1 aromatic rings. The van der Waals surface area contributed by atoms with Crippen LogP contribution in [0.4, 0.5) is 0 Å². The first-order valence-electron chi connectivity index (χ1n) is 11.8. The van der Waals surface area contributed by atoms with E-state index in [0.717, 1.165) is 57.2 Å². The molecule has 176 valence electrons. The lowest BCUT2D eigenvalue weighted by molar-refractivity contribution is -0.117. The zero-order valence-corrected chi connectivity index (χ0v) is 19.6. The maximum Gasteiger partial charge on any atom is 0.243 e. The van der Waals surface area contributed by atoms with E-state index in [1.54, 1.807) is 19.3 Å². The minimum absolute atomic E-state index is 0.0944. The fourth-order valence-electron chi connectivity index (χ4n) is 5.14. The number of nitrogens with two attached hydrogens (primary N) is 1. The number of nitrogens with one attached hydrogen (secondary N) is 1. The van der Waals surface area contributed by atoms with Gasteiger partial charge in [-0.2, -0.15) is 0 Å². The Morgan fingerprint density at radius 1 is 1.22 bits per heavy atom. The van der Waals surface area contributed by atoms with Crippen LogP contribution in [0.25, 0.3) is 0 Å². The van der Waals surface area contributed by atoms with Gasteiger partial charge in [0.05, 0.1) is 12.1 Å². The average molecular weight is 442 g/mol. The molecule has 0 spiro atoms. The highest BCUT2D eigenvalue weighted by Crippen LogP contribution is 2.35. The largest absolute Gasteiger partial charge is 0.381 e. The SMILES string of the molecule is C=CN(C=C)C1CCC(c2cnc(C(N)/C=C/C(=O)NC3CCC(OC)CC3)n2C)CC1. The Labute approximate surface area is 192 Å². The molecule has 2 saturated carbocycles. The van der Waals surface area contributed by atoms with Crippen LogP contribution in [0.5, 0.6) is 0 Å². The van der Waals surface area contributed by atoms with Crippen molar-refractivity contribution in [2.24, 2.45) is 12.8 Å². The van der Waals surface area contributed by atoms with Crippen LogP contribution in [0.1, 0.15) is 74.8 Å². The minimum atomic E-state index is -0.419. The third-order valence-electron chi connectivity index (χ3n) is 7.13. The summed E-state index contributed by atoms with van der Waals surface area (Å²) >= 11 is 0. The second kappa shape index (κ2) is 11.5. The van der Waals surface area contributed by atoms with Crippen molar-refractivity contribution in [3.8, 4) is 0 Å². The van der Waals surface area contributed by atoms with E-state index in [4.69, 9.17) is 10.5 Å². The zero-order chi connectivity index (χ0) is 23.1. The summed E-state index contributed by atoms with van der Waals surface area (Å²) in [5.41, 5.74) is 7.57. The van der Waals surface area contributed by atoms with E-state index >= 15 is 0 Å². The molecule has 7 nitrogen and oxygen atoms in total. The first kappa shape index (κ1) is 24.3. The Balaban J connectivity index is 1.52. The lowest BCUT2D eigenvalue weighted by Gasteiger charge is -2.34. The Hall–Kier alpha value is -2.38. The summed E-state index contributed by atoms with van der Waals surface area (Å²) in [6.07, 6.45) is 17.5. The first-order chi connectivity index (χ1) is 15.5. The third-order valence-corrected chi connectivity index (χ3v) is 7.13. The molecule has 3 N–H and O–H groups in total. The molecule has 0 bridgehead atoms.